The average Bonchev–Trinajstić information content (AvgIpc) is 1.80. The number of carboxylic acid groups (broad SMARTS) is 3. The van der Waals surface area contributed by atoms with Crippen molar-refractivity contribution in [3.05, 3.63) is 0 Å². The van der Waals surface area contributed by atoms with Gasteiger partial charge in [0.25, 0.3) is 0 Å². The minimum atomic E-state index is -1.26. The van der Waals surface area contributed by atoms with Gasteiger partial charge in [0.1, 0.15) is 0 Å². The fourth-order valence-electron chi connectivity index (χ4n) is 0.742. The predicted octanol–water partition coefficient (Wildman–Crippen LogP) is -2.60. The summed E-state index contributed by atoms with van der Waals surface area (Å²) in [6.45, 7) is -1.80. The van der Waals surface area contributed by atoms with Crippen LogP contribution in [-0.2, 0) is 14.4 Å². The molecule has 3 radical (unpaired) electrons. The molecule has 0 heterocycles. The maximum Gasteiger partial charge on any atom is 0.317 e. The summed E-state index contributed by atoms with van der Waals surface area (Å²) in [7, 11) is 0. The van der Waals surface area contributed by atoms with Crippen LogP contribution in [0.2, 0.25) is 0 Å². The molecule has 0 amide bonds. The molecule has 0 saturated carbocycles. The number of hydrogen-bond acceptors (Lipinski definition) is 4. The largest absolute Gasteiger partial charge is 0.480 e. The summed E-state index contributed by atoms with van der Waals surface area (Å²) in [6.07, 6.45) is 0. The minimum Gasteiger partial charge on any atom is -0.480 e. The van der Waals surface area contributed by atoms with Gasteiger partial charge in [0.2, 0.25) is 0 Å². The minimum absolute atomic E-state index is 0. The summed E-state index contributed by atoms with van der Waals surface area (Å²) in [4.78, 5) is 31.2. The first kappa shape index (κ1) is 25.1. The third-order valence-corrected chi connectivity index (χ3v) is 1.08. The topological polar surface area (TPSA) is 115 Å². The van der Waals surface area contributed by atoms with Crippen molar-refractivity contribution >= 4 is 74.5 Å². The van der Waals surface area contributed by atoms with E-state index in [9.17, 15) is 14.4 Å². The third kappa shape index (κ3) is 16.6. The molecule has 0 unspecified atom stereocenters. The second-order valence-electron chi connectivity index (χ2n) is 2.33. The van der Waals surface area contributed by atoms with Gasteiger partial charge < -0.3 is 15.3 Å². The van der Waals surface area contributed by atoms with Crippen molar-refractivity contribution < 1.29 is 29.7 Å². The SMILES string of the molecule is O=C(O)CN(CC(=O)O)CC(=O)O.[Li].[Li].[Li]. The molecule has 0 saturated heterocycles. The van der Waals surface area contributed by atoms with E-state index in [0.29, 0.717) is 0 Å². The Bertz CT molecular complexity index is 198. The van der Waals surface area contributed by atoms with Crippen LogP contribution < -0.4 is 0 Å². The normalized spacial score (nSPS) is 8.06. The molecule has 0 aliphatic rings. The zero-order valence-corrected chi connectivity index (χ0v) is 9.63. The first-order valence-electron chi connectivity index (χ1n) is 3.29. The molecule has 0 aromatic heterocycles. The zero-order chi connectivity index (χ0) is 10.4. The Morgan fingerprint density at radius 3 is 1.00 bits per heavy atom. The van der Waals surface area contributed by atoms with Crippen LogP contribution in [0.1, 0.15) is 0 Å². The zero-order valence-electron chi connectivity index (χ0n) is 9.63. The van der Waals surface area contributed by atoms with Crippen molar-refractivity contribution in [1.29, 1.82) is 0 Å². The molecule has 0 bridgehead atoms. The fourth-order valence-corrected chi connectivity index (χ4v) is 0.742. The van der Waals surface area contributed by atoms with Gasteiger partial charge in [-0.05, 0) is 0 Å². The van der Waals surface area contributed by atoms with Gasteiger partial charge in [0, 0.05) is 56.6 Å². The Labute approximate surface area is 128 Å². The van der Waals surface area contributed by atoms with Crippen LogP contribution in [0.15, 0.2) is 0 Å². The van der Waals surface area contributed by atoms with Gasteiger partial charge in [-0.15, -0.1) is 0 Å². The first-order chi connectivity index (χ1) is 5.91. The number of carboxylic acids is 3. The molecule has 0 aromatic carbocycles. The van der Waals surface area contributed by atoms with Gasteiger partial charge in [-0.2, -0.15) is 0 Å². The van der Waals surface area contributed by atoms with E-state index in [1.165, 1.54) is 0 Å². The van der Waals surface area contributed by atoms with Crippen molar-refractivity contribution in [3.63, 3.8) is 0 Å². The molecule has 10 heteroatoms. The number of rotatable bonds is 6. The van der Waals surface area contributed by atoms with Crippen LogP contribution in [0.3, 0.4) is 0 Å². The Hall–Kier alpha value is 0.162. The van der Waals surface area contributed by atoms with Gasteiger partial charge in [0.05, 0.1) is 19.6 Å². The Kier molecular flexibility index (Phi) is 20.8. The molecule has 16 heavy (non-hydrogen) atoms. The molecule has 7 nitrogen and oxygen atoms in total. The molecule has 0 rings (SSSR count). The maximum atomic E-state index is 10.1. The molecule has 0 aliphatic carbocycles. The number of carbonyl (C=O) groups is 3. The van der Waals surface area contributed by atoms with E-state index in [-0.39, 0.29) is 56.6 Å². The summed E-state index contributed by atoms with van der Waals surface area (Å²) in [5.74, 6) is -3.78. The quantitative estimate of drug-likeness (QED) is 0.413. The molecule has 0 fully saturated rings. The van der Waals surface area contributed by atoms with Crippen LogP contribution in [0.4, 0.5) is 0 Å². The standard InChI is InChI=1S/C6H9NO6.3Li/c8-4(9)1-7(2-5(10)11)3-6(12)13;;;/h1-3H2,(H,8,9)(H,10,11)(H,12,13);;;. The van der Waals surface area contributed by atoms with Crippen molar-refractivity contribution in [2.75, 3.05) is 19.6 Å². The van der Waals surface area contributed by atoms with Crippen LogP contribution in [0.5, 0.6) is 0 Å². The number of hydrogen-bond donors (Lipinski definition) is 3. The molecule has 77 valence electrons. The van der Waals surface area contributed by atoms with E-state index < -0.39 is 37.5 Å². The maximum absolute atomic E-state index is 10.1. The van der Waals surface area contributed by atoms with Gasteiger partial charge in [0.15, 0.2) is 0 Å². The van der Waals surface area contributed by atoms with E-state index in [1.54, 1.807) is 0 Å². The molecular formula is C6H9Li3NO6. The summed E-state index contributed by atoms with van der Waals surface area (Å²) >= 11 is 0. The average molecular weight is 212 g/mol. The molecule has 0 aromatic rings. The van der Waals surface area contributed by atoms with Crippen molar-refractivity contribution in [1.82, 2.24) is 4.90 Å². The first-order valence-corrected chi connectivity index (χ1v) is 3.29. The number of nitrogens with zero attached hydrogens (tertiary/aromatic N) is 1. The monoisotopic (exact) mass is 212 g/mol. The van der Waals surface area contributed by atoms with Crippen molar-refractivity contribution in [3.8, 4) is 0 Å². The van der Waals surface area contributed by atoms with E-state index in [1.807, 2.05) is 0 Å². The van der Waals surface area contributed by atoms with Crippen LogP contribution in [-0.4, -0.2) is 114 Å². The fraction of sp³-hybridized carbons (Fsp3) is 0.500. The van der Waals surface area contributed by atoms with Crippen LogP contribution in [0.25, 0.3) is 0 Å². The molecule has 0 aliphatic heterocycles. The Morgan fingerprint density at radius 1 is 0.688 bits per heavy atom. The smallest absolute Gasteiger partial charge is 0.317 e. The molecular weight excluding hydrogens is 203 g/mol. The Morgan fingerprint density at radius 2 is 0.875 bits per heavy atom. The second-order valence-corrected chi connectivity index (χ2v) is 2.33. The molecule has 0 atom stereocenters. The van der Waals surface area contributed by atoms with Gasteiger partial charge in [-0.3, -0.25) is 19.3 Å². The summed E-state index contributed by atoms with van der Waals surface area (Å²) in [5, 5.41) is 24.8. The number of aliphatic carboxylic acids is 3. The van der Waals surface area contributed by atoms with E-state index in [0.717, 1.165) is 4.90 Å². The van der Waals surface area contributed by atoms with Crippen LogP contribution >= 0.6 is 0 Å². The molecule has 0 spiro atoms. The van der Waals surface area contributed by atoms with Crippen LogP contribution in [0, 0.1) is 0 Å². The Balaban J connectivity index is -0.000000240. The van der Waals surface area contributed by atoms with Gasteiger partial charge in [-0.1, -0.05) is 0 Å². The molecule has 3 N–H and O–H groups in total. The predicted molar refractivity (Wildman–Crippen MR) is 56.6 cm³/mol. The summed E-state index contributed by atoms with van der Waals surface area (Å²) in [6, 6.07) is 0. The van der Waals surface area contributed by atoms with E-state index in [2.05, 4.69) is 0 Å². The van der Waals surface area contributed by atoms with Crippen molar-refractivity contribution in [2.24, 2.45) is 0 Å². The third-order valence-electron chi connectivity index (χ3n) is 1.08. The second kappa shape index (κ2) is 13.2. The van der Waals surface area contributed by atoms with Gasteiger partial charge >= 0.3 is 17.9 Å². The summed E-state index contributed by atoms with van der Waals surface area (Å²) < 4.78 is 0. The van der Waals surface area contributed by atoms with Gasteiger partial charge in [-0.25, -0.2) is 0 Å². The van der Waals surface area contributed by atoms with E-state index in [4.69, 9.17) is 15.3 Å². The van der Waals surface area contributed by atoms with Crippen molar-refractivity contribution in [2.45, 2.75) is 0 Å². The van der Waals surface area contributed by atoms with E-state index >= 15 is 0 Å². The summed E-state index contributed by atoms with van der Waals surface area (Å²) in [5.41, 5.74) is 0.